The summed E-state index contributed by atoms with van der Waals surface area (Å²) in [4.78, 5) is 7.20. The Morgan fingerprint density at radius 1 is 1.45 bits per heavy atom. The molecule has 4 heteroatoms. The standard InChI is InChI=1S/C16H27N3O/c1-11(2)16-8-17-13(4)9-19(16)10-14-7-15(20-5)6-12(3)18-14/h6-7,11,13,16-17H,8-10H2,1-5H3. The van der Waals surface area contributed by atoms with Gasteiger partial charge < -0.3 is 10.1 Å². The Morgan fingerprint density at radius 2 is 2.20 bits per heavy atom. The van der Waals surface area contributed by atoms with Gasteiger partial charge in [-0.1, -0.05) is 13.8 Å². The molecule has 2 atom stereocenters. The molecule has 1 N–H and O–H groups in total. The second-order valence-electron chi connectivity index (χ2n) is 6.19. The van der Waals surface area contributed by atoms with Crippen molar-refractivity contribution in [3.63, 3.8) is 0 Å². The Balaban J connectivity index is 2.15. The molecule has 0 aromatic carbocycles. The summed E-state index contributed by atoms with van der Waals surface area (Å²) in [5, 5.41) is 3.58. The summed E-state index contributed by atoms with van der Waals surface area (Å²) in [6.45, 7) is 11.9. The summed E-state index contributed by atoms with van der Waals surface area (Å²) in [5.74, 6) is 1.54. The first-order valence-corrected chi connectivity index (χ1v) is 7.48. The number of hydrogen-bond donors (Lipinski definition) is 1. The Labute approximate surface area is 122 Å². The lowest BCUT2D eigenvalue weighted by atomic mass is 9.98. The molecule has 0 amide bonds. The molecule has 0 saturated carbocycles. The molecule has 1 aromatic rings. The Hall–Kier alpha value is -1.13. The number of ether oxygens (including phenoxy) is 1. The number of aromatic nitrogens is 1. The largest absolute Gasteiger partial charge is 0.497 e. The minimum Gasteiger partial charge on any atom is -0.497 e. The fraction of sp³-hybridized carbons (Fsp3) is 0.688. The molecular formula is C16H27N3O. The molecule has 4 nitrogen and oxygen atoms in total. The van der Waals surface area contributed by atoms with Crippen LogP contribution in [0.2, 0.25) is 0 Å². The van der Waals surface area contributed by atoms with E-state index in [0.717, 1.165) is 36.8 Å². The van der Waals surface area contributed by atoms with Gasteiger partial charge in [-0.15, -0.1) is 0 Å². The summed E-state index contributed by atoms with van der Waals surface area (Å²) in [5.41, 5.74) is 2.12. The molecule has 112 valence electrons. The third-order valence-corrected chi connectivity index (χ3v) is 4.00. The molecule has 1 aliphatic heterocycles. The van der Waals surface area contributed by atoms with E-state index in [2.05, 4.69) is 42.0 Å². The fourth-order valence-corrected chi connectivity index (χ4v) is 2.95. The monoisotopic (exact) mass is 277 g/mol. The Kier molecular flexibility index (Phi) is 5.00. The number of aryl methyl sites for hydroxylation is 1. The minimum absolute atomic E-state index is 0.539. The number of hydrogen-bond acceptors (Lipinski definition) is 4. The maximum atomic E-state index is 5.35. The Morgan fingerprint density at radius 3 is 2.85 bits per heavy atom. The van der Waals surface area contributed by atoms with E-state index in [1.54, 1.807) is 7.11 Å². The molecule has 2 unspecified atom stereocenters. The molecule has 2 heterocycles. The first kappa shape index (κ1) is 15.3. The van der Waals surface area contributed by atoms with Crippen LogP contribution in [-0.4, -0.2) is 42.2 Å². The lowest BCUT2D eigenvalue weighted by molar-refractivity contribution is 0.0942. The van der Waals surface area contributed by atoms with Crippen molar-refractivity contribution in [3.8, 4) is 5.75 Å². The van der Waals surface area contributed by atoms with Crippen molar-refractivity contribution in [1.29, 1.82) is 0 Å². The average Bonchev–Trinajstić information content (AvgIpc) is 2.37. The molecule has 1 saturated heterocycles. The first-order valence-electron chi connectivity index (χ1n) is 7.48. The van der Waals surface area contributed by atoms with Crippen LogP contribution in [0.1, 0.15) is 32.2 Å². The van der Waals surface area contributed by atoms with Gasteiger partial charge in [0.2, 0.25) is 0 Å². The van der Waals surface area contributed by atoms with Crippen LogP contribution in [0, 0.1) is 12.8 Å². The fourth-order valence-electron chi connectivity index (χ4n) is 2.95. The summed E-state index contributed by atoms with van der Waals surface area (Å²) in [6.07, 6.45) is 0. The molecule has 0 bridgehead atoms. The molecule has 1 aromatic heterocycles. The molecule has 20 heavy (non-hydrogen) atoms. The number of methoxy groups -OCH3 is 1. The van der Waals surface area contributed by atoms with Crippen LogP contribution in [0.25, 0.3) is 0 Å². The van der Waals surface area contributed by atoms with Gasteiger partial charge in [0.15, 0.2) is 0 Å². The number of nitrogens with zero attached hydrogens (tertiary/aromatic N) is 2. The van der Waals surface area contributed by atoms with Crippen LogP contribution in [0.4, 0.5) is 0 Å². The van der Waals surface area contributed by atoms with Gasteiger partial charge in [0.05, 0.1) is 12.8 Å². The van der Waals surface area contributed by atoms with E-state index >= 15 is 0 Å². The van der Waals surface area contributed by atoms with Crippen molar-refractivity contribution < 1.29 is 4.74 Å². The molecule has 2 rings (SSSR count). The van der Waals surface area contributed by atoms with Crippen LogP contribution >= 0.6 is 0 Å². The van der Waals surface area contributed by atoms with Crippen molar-refractivity contribution >= 4 is 0 Å². The second-order valence-corrected chi connectivity index (χ2v) is 6.19. The van der Waals surface area contributed by atoms with Gasteiger partial charge in [-0.25, -0.2) is 0 Å². The van der Waals surface area contributed by atoms with Crippen molar-refractivity contribution in [1.82, 2.24) is 15.2 Å². The van der Waals surface area contributed by atoms with E-state index in [-0.39, 0.29) is 0 Å². The quantitative estimate of drug-likeness (QED) is 0.915. The van der Waals surface area contributed by atoms with Gasteiger partial charge in [-0.3, -0.25) is 9.88 Å². The summed E-state index contributed by atoms with van der Waals surface area (Å²) in [7, 11) is 1.71. The number of rotatable bonds is 4. The van der Waals surface area contributed by atoms with Gasteiger partial charge in [0.1, 0.15) is 5.75 Å². The molecular weight excluding hydrogens is 250 g/mol. The van der Waals surface area contributed by atoms with Gasteiger partial charge in [-0.2, -0.15) is 0 Å². The van der Waals surface area contributed by atoms with Crippen molar-refractivity contribution in [2.45, 2.75) is 46.3 Å². The van der Waals surface area contributed by atoms with Crippen LogP contribution in [-0.2, 0) is 6.54 Å². The van der Waals surface area contributed by atoms with E-state index in [1.807, 2.05) is 13.0 Å². The highest BCUT2D eigenvalue weighted by molar-refractivity contribution is 5.26. The molecule has 1 aliphatic rings. The third kappa shape index (κ3) is 3.70. The molecule has 1 fully saturated rings. The highest BCUT2D eigenvalue weighted by atomic mass is 16.5. The van der Waals surface area contributed by atoms with Crippen molar-refractivity contribution in [2.24, 2.45) is 5.92 Å². The summed E-state index contributed by atoms with van der Waals surface area (Å²) >= 11 is 0. The average molecular weight is 277 g/mol. The lowest BCUT2D eigenvalue weighted by Crippen LogP contribution is -2.56. The van der Waals surface area contributed by atoms with Crippen molar-refractivity contribution in [3.05, 3.63) is 23.5 Å². The highest BCUT2D eigenvalue weighted by Crippen LogP contribution is 2.20. The van der Waals surface area contributed by atoms with Crippen LogP contribution in [0.15, 0.2) is 12.1 Å². The third-order valence-electron chi connectivity index (χ3n) is 4.00. The van der Waals surface area contributed by atoms with E-state index in [9.17, 15) is 0 Å². The van der Waals surface area contributed by atoms with Gasteiger partial charge in [0.25, 0.3) is 0 Å². The first-order chi connectivity index (χ1) is 9.49. The maximum Gasteiger partial charge on any atom is 0.122 e. The lowest BCUT2D eigenvalue weighted by Gasteiger charge is -2.41. The van der Waals surface area contributed by atoms with Crippen LogP contribution in [0.3, 0.4) is 0 Å². The van der Waals surface area contributed by atoms with Gasteiger partial charge in [0, 0.05) is 49.5 Å². The molecule has 0 aliphatic carbocycles. The predicted molar refractivity (Wildman–Crippen MR) is 82.0 cm³/mol. The zero-order valence-corrected chi connectivity index (χ0v) is 13.3. The smallest absolute Gasteiger partial charge is 0.122 e. The topological polar surface area (TPSA) is 37.4 Å². The zero-order chi connectivity index (χ0) is 14.7. The second kappa shape index (κ2) is 6.55. The summed E-state index contributed by atoms with van der Waals surface area (Å²) < 4.78 is 5.35. The summed E-state index contributed by atoms with van der Waals surface area (Å²) in [6, 6.07) is 5.14. The normalized spacial score (nSPS) is 24.1. The van der Waals surface area contributed by atoms with Crippen LogP contribution in [0.5, 0.6) is 5.75 Å². The van der Waals surface area contributed by atoms with E-state index in [0.29, 0.717) is 18.0 Å². The SMILES string of the molecule is COc1cc(C)nc(CN2CC(C)NCC2C(C)C)c1. The minimum atomic E-state index is 0.539. The van der Waals surface area contributed by atoms with E-state index in [1.165, 1.54) is 0 Å². The molecule has 0 spiro atoms. The van der Waals surface area contributed by atoms with E-state index < -0.39 is 0 Å². The molecule has 0 radical (unpaired) electrons. The predicted octanol–water partition coefficient (Wildman–Crippen LogP) is 2.22. The van der Waals surface area contributed by atoms with Crippen LogP contribution < -0.4 is 10.1 Å². The highest BCUT2D eigenvalue weighted by Gasteiger charge is 2.28. The number of piperazine rings is 1. The van der Waals surface area contributed by atoms with Gasteiger partial charge >= 0.3 is 0 Å². The van der Waals surface area contributed by atoms with Crippen molar-refractivity contribution in [2.75, 3.05) is 20.2 Å². The zero-order valence-electron chi connectivity index (χ0n) is 13.3. The maximum absolute atomic E-state index is 5.35. The van der Waals surface area contributed by atoms with Gasteiger partial charge in [-0.05, 0) is 19.8 Å². The number of pyridine rings is 1. The number of nitrogens with one attached hydrogen (secondary N) is 1. The Bertz CT molecular complexity index is 447. The van der Waals surface area contributed by atoms with E-state index in [4.69, 9.17) is 4.74 Å².